The van der Waals surface area contributed by atoms with Crippen LogP contribution in [0.25, 0.3) is 0 Å². The van der Waals surface area contributed by atoms with Gasteiger partial charge in [0.2, 0.25) is 5.91 Å². The van der Waals surface area contributed by atoms with E-state index in [-0.39, 0.29) is 18.1 Å². The lowest BCUT2D eigenvalue weighted by Crippen LogP contribution is -2.39. The lowest BCUT2D eigenvalue weighted by atomic mass is 9.93. The summed E-state index contributed by atoms with van der Waals surface area (Å²) < 4.78 is 0. The first-order chi connectivity index (χ1) is 10.2. The summed E-state index contributed by atoms with van der Waals surface area (Å²) in [7, 11) is 0. The zero-order valence-electron chi connectivity index (χ0n) is 12.6. The SMILES string of the molecule is O=C(CCNCCc1ccccc1)NC1CCC(O)CC1. The average molecular weight is 290 g/mol. The zero-order valence-corrected chi connectivity index (χ0v) is 12.6. The van der Waals surface area contributed by atoms with Crippen LogP contribution in [0.4, 0.5) is 0 Å². The van der Waals surface area contributed by atoms with Gasteiger partial charge in [-0.3, -0.25) is 4.79 Å². The molecule has 1 aromatic carbocycles. The number of amides is 1. The number of benzene rings is 1. The minimum Gasteiger partial charge on any atom is -0.393 e. The van der Waals surface area contributed by atoms with Crippen molar-refractivity contribution in [3.05, 3.63) is 35.9 Å². The Hall–Kier alpha value is -1.39. The van der Waals surface area contributed by atoms with E-state index in [4.69, 9.17) is 0 Å². The Kier molecular flexibility index (Phi) is 6.70. The number of hydrogen-bond acceptors (Lipinski definition) is 3. The molecule has 3 N–H and O–H groups in total. The highest BCUT2D eigenvalue weighted by molar-refractivity contribution is 5.76. The predicted octanol–water partition coefficient (Wildman–Crippen LogP) is 1.63. The fourth-order valence-electron chi connectivity index (χ4n) is 2.72. The molecular weight excluding hydrogens is 264 g/mol. The highest BCUT2D eigenvalue weighted by Gasteiger charge is 2.20. The summed E-state index contributed by atoms with van der Waals surface area (Å²) in [5, 5.41) is 15.8. The van der Waals surface area contributed by atoms with Gasteiger partial charge in [-0.15, -0.1) is 0 Å². The molecule has 1 saturated carbocycles. The number of aliphatic hydroxyl groups is 1. The second kappa shape index (κ2) is 8.80. The van der Waals surface area contributed by atoms with Gasteiger partial charge in [0, 0.05) is 19.0 Å². The highest BCUT2D eigenvalue weighted by Crippen LogP contribution is 2.18. The number of nitrogens with one attached hydrogen (secondary N) is 2. The fraction of sp³-hybridized carbons (Fsp3) is 0.588. The van der Waals surface area contributed by atoms with Gasteiger partial charge in [0.25, 0.3) is 0 Å². The van der Waals surface area contributed by atoms with E-state index in [9.17, 15) is 9.90 Å². The lowest BCUT2D eigenvalue weighted by molar-refractivity contribution is -0.122. The standard InChI is InChI=1S/C17H26N2O2/c20-16-8-6-15(7-9-16)19-17(21)11-13-18-12-10-14-4-2-1-3-5-14/h1-5,15-16,18,20H,6-13H2,(H,19,21). The average Bonchev–Trinajstić information content (AvgIpc) is 2.50. The van der Waals surface area contributed by atoms with E-state index in [0.29, 0.717) is 13.0 Å². The van der Waals surface area contributed by atoms with Crippen LogP contribution < -0.4 is 10.6 Å². The number of carbonyl (C=O) groups excluding carboxylic acids is 1. The van der Waals surface area contributed by atoms with E-state index < -0.39 is 0 Å². The minimum absolute atomic E-state index is 0.114. The molecule has 0 atom stereocenters. The molecular formula is C17H26N2O2. The number of hydrogen-bond donors (Lipinski definition) is 3. The van der Waals surface area contributed by atoms with Gasteiger partial charge < -0.3 is 15.7 Å². The molecule has 4 heteroatoms. The third-order valence-corrected chi connectivity index (χ3v) is 4.02. The van der Waals surface area contributed by atoms with Gasteiger partial charge in [0.15, 0.2) is 0 Å². The Morgan fingerprint density at radius 2 is 1.81 bits per heavy atom. The van der Waals surface area contributed by atoms with Crippen molar-refractivity contribution in [2.45, 2.75) is 50.7 Å². The van der Waals surface area contributed by atoms with Crippen LogP contribution in [0.3, 0.4) is 0 Å². The van der Waals surface area contributed by atoms with E-state index >= 15 is 0 Å². The highest BCUT2D eigenvalue weighted by atomic mass is 16.3. The van der Waals surface area contributed by atoms with Crippen LogP contribution in [0.15, 0.2) is 30.3 Å². The Bertz CT molecular complexity index is 414. The lowest BCUT2D eigenvalue weighted by Gasteiger charge is -2.26. The van der Waals surface area contributed by atoms with Gasteiger partial charge in [0.05, 0.1) is 6.10 Å². The van der Waals surface area contributed by atoms with E-state index in [1.54, 1.807) is 0 Å². The summed E-state index contributed by atoms with van der Waals surface area (Å²) in [4.78, 5) is 11.8. The van der Waals surface area contributed by atoms with Gasteiger partial charge in [-0.1, -0.05) is 30.3 Å². The zero-order chi connectivity index (χ0) is 14.9. The van der Waals surface area contributed by atoms with Gasteiger partial charge >= 0.3 is 0 Å². The van der Waals surface area contributed by atoms with E-state index in [1.807, 2.05) is 18.2 Å². The molecule has 0 aliphatic heterocycles. The summed E-state index contributed by atoms with van der Waals surface area (Å²) in [5.74, 6) is 0.114. The summed E-state index contributed by atoms with van der Waals surface area (Å²) in [5.41, 5.74) is 1.32. The second-order valence-electron chi connectivity index (χ2n) is 5.81. The molecule has 0 heterocycles. The molecule has 1 aliphatic rings. The van der Waals surface area contributed by atoms with Crippen LogP contribution in [0.2, 0.25) is 0 Å². The first-order valence-electron chi connectivity index (χ1n) is 7.96. The van der Waals surface area contributed by atoms with Gasteiger partial charge in [-0.2, -0.15) is 0 Å². The maximum Gasteiger partial charge on any atom is 0.221 e. The Morgan fingerprint density at radius 3 is 2.52 bits per heavy atom. The van der Waals surface area contributed by atoms with Crippen LogP contribution in [-0.2, 0) is 11.2 Å². The molecule has 0 saturated heterocycles. The van der Waals surface area contributed by atoms with Crippen molar-refractivity contribution in [1.29, 1.82) is 0 Å². The van der Waals surface area contributed by atoms with Crippen LogP contribution in [0.5, 0.6) is 0 Å². The van der Waals surface area contributed by atoms with Gasteiger partial charge in [-0.05, 0) is 44.2 Å². The van der Waals surface area contributed by atoms with Crippen molar-refractivity contribution < 1.29 is 9.90 Å². The Morgan fingerprint density at radius 1 is 1.10 bits per heavy atom. The summed E-state index contributed by atoms with van der Waals surface area (Å²) >= 11 is 0. The first-order valence-corrected chi connectivity index (χ1v) is 7.96. The Balaban J connectivity index is 1.51. The van der Waals surface area contributed by atoms with E-state index in [2.05, 4.69) is 22.8 Å². The Labute approximate surface area is 126 Å². The topological polar surface area (TPSA) is 61.4 Å². The van der Waals surface area contributed by atoms with Crippen LogP contribution >= 0.6 is 0 Å². The van der Waals surface area contributed by atoms with Crippen molar-refractivity contribution in [3.8, 4) is 0 Å². The quantitative estimate of drug-likeness (QED) is 0.669. The maximum absolute atomic E-state index is 11.8. The molecule has 4 nitrogen and oxygen atoms in total. The largest absolute Gasteiger partial charge is 0.393 e. The molecule has 0 bridgehead atoms. The van der Waals surface area contributed by atoms with Crippen LogP contribution in [0, 0.1) is 0 Å². The molecule has 0 radical (unpaired) electrons. The molecule has 21 heavy (non-hydrogen) atoms. The number of rotatable bonds is 7. The van der Waals surface area contributed by atoms with E-state index in [1.165, 1.54) is 5.56 Å². The predicted molar refractivity (Wildman–Crippen MR) is 84.0 cm³/mol. The summed E-state index contributed by atoms with van der Waals surface area (Å²) in [6, 6.07) is 10.6. The van der Waals surface area contributed by atoms with Crippen LogP contribution in [0.1, 0.15) is 37.7 Å². The van der Waals surface area contributed by atoms with E-state index in [0.717, 1.165) is 38.6 Å². The second-order valence-corrected chi connectivity index (χ2v) is 5.81. The summed E-state index contributed by atoms with van der Waals surface area (Å²) in [6.45, 7) is 1.61. The van der Waals surface area contributed by atoms with Crippen molar-refractivity contribution in [2.75, 3.05) is 13.1 Å². The minimum atomic E-state index is -0.169. The molecule has 1 aliphatic carbocycles. The molecule has 1 aromatic rings. The third kappa shape index (κ3) is 6.27. The van der Waals surface area contributed by atoms with Crippen molar-refractivity contribution in [1.82, 2.24) is 10.6 Å². The molecule has 0 aromatic heterocycles. The number of aliphatic hydroxyl groups excluding tert-OH is 1. The molecule has 0 spiro atoms. The van der Waals surface area contributed by atoms with Crippen molar-refractivity contribution in [2.24, 2.45) is 0 Å². The third-order valence-electron chi connectivity index (χ3n) is 4.02. The van der Waals surface area contributed by atoms with Crippen molar-refractivity contribution in [3.63, 3.8) is 0 Å². The number of carbonyl (C=O) groups is 1. The first kappa shape index (κ1) is 16.0. The molecule has 1 fully saturated rings. The fourth-order valence-corrected chi connectivity index (χ4v) is 2.72. The molecule has 116 valence electrons. The normalized spacial score (nSPS) is 22.0. The molecule has 2 rings (SSSR count). The van der Waals surface area contributed by atoms with Crippen LogP contribution in [-0.4, -0.2) is 36.2 Å². The van der Waals surface area contributed by atoms with Crippen molar-refractivity contribution >= 4 is 5.91 Å². The van der Waals surface area contributed by atoms with Gasteiger partial charge in [0.1, 0.15) is 0 Å². The smallest absolute Gasteiger partial charge is 0.221 e. The summed E-state index contributed by atoms with van der Waals surface area (Å²) in [6.07, 6.45) is 4.75. The van der Waals surface area contributed by atoms with Gasteiger partial charge in [-0.25, -0.2) is 0 Å². The molecule has 0 unspecified atom stereocenters. The monoisotopic (exact) mass is 290 g/mol. The molecule has 1 amide bonds. The maximum atomic E-state index is 11.8.